The highest BCUT2D eigenvalue weighted by molar-refractivity contribution is 7.92. The molecule has 0 saturated heterocycles. The third-order valence-electron chi connectivity index (χ3n) is 2.90. The summed E-state index contributed by atoms with van der Waals surface area (Å²) in [5, 5.41) is 3.87. The molecule has 21 heavy (non-hydrogen) atoms. The number of sulfone groups is 1. The SMILES string of the molecule is Cc1ccc(CS(=O)(=O)c2nn3c(=O)ccnc3s2)cc1. The zero-order chi connectivity index (χ0) is 15.0. The van der Waals surface area contributed by atoms with Crippen LogP contribution in [0.4, 0.5) is 0 Å². The molecule has 0 N–H and O–H groups in total. The molecule has 0 bridgehead atoms. The maximum atomic E-state index is 12.4. The van der Waals surface area contributed by atoms with E-state index < -0.39 is 15.4 Å². The van der Waals surface area contributed by atoms with E-state index in [0.29, 0.717) is 5.56 Å². The number of hydrogen-bond acceptors (Lipinski definition) is 6. The van der Waals surface area contributed by atoms with Gasteiger partial charge in [-0.1, -0.05) is 41.2 Å². The Balaban J connectivity index is 2.02. The quantitative estimate of drug-likeness (QED) is 0.729. The fraction of sp³-hybridized carbons (Fsp3) is 0.154. The molecule has 0 saturated carbocycles. The number of fused-ring (bicyclic) bond motifs is 1. The van der Waals surface area contributed by atoms with E-state index in [2.05, 4.69) is 10.1 Å². The van der Waals surface area contributed by atoms with Crippen LogP contribution >= 0.6 is 11.3 Å². The zero-order valence-corrected chi connectivity index (χ0v) is 12.7. The van der Waals surface area contributed by atoms with Crippen molar-refractivity contribution in [1.29, 1.82) is 0 Å². The Kier molecular flexibility index (Phi) is 3.34. The summed E-state index contributed by atoms with van der Waals surface area (Å²) in [5.74, 6) is -0.151. The molecule has 0 fully saturated rings. The number of rotatable bonds is 3. The van der Waals surface area contributed by atoms with Crippen LogP contribution in [0.25, 0.3) is 4.96 Å². The Morgan fingerprint density at radius 3 is 2.57 bits per heavy atom. The predicted molar refractivity (Wildman–Crippen MR) is 79.2 cm³/mol. The van der Waals surface area contributed by atoms with Crippen LogP contribution in [0.3, 0.4) is 0 Å². The van der Waals surface area contributed by atoms with E-state index in [0.717, 1.165) is 21.4 Å². The minimum absolute atomic E-state index is 0.0983. The van der Waals surface area contributed by atoms with Gasteiger partial charge in [0.25, 0.3) is 5.56 Å². The molecule has 108 valence electrons. The van der Waals surface area contributed by atoms with Crippen molar-refractivity contribution in [2.75, 3.05) is 0 Å². The van der Waals surface area contributed by atoms with E-state index in [-0.39, 0.29) is 15.1 Å². The molecule has 8 heteroatoms. The molecule has 0 aliphatic heterocycles. The molecule has 2 aromatic heterocycles. The van der Waals surface area contributed by atoms with Crippen molar-refractivity contribution in [3.63, 3.8) is 0 Å². The summed E-state index contributed by atoms with van der Waals surface area (Å²) in [5.41, 5.74) is 1.35. The van der Waals surface area contributed by atoms with Crippen molar-refractivity contribution in [2.45, 2.75) is 17.0 Å². The number of benzene rings is 1. The Labute approximate surface area is 124 Å². The molecule has 6 nitrogen and oxygen atoms in total. The molecule has 0 spiro atoms. The average molecular weight is 321 g/mol. The molecule has 2 heterocycles. The van der Waals surface area contributed by atoms with Crippen LogP contribution in [0.1, 0.15) is 11.1 Å². The van der Waals surface area contributed by atoms with Crippen molar-refractivity contribution in [2.24, 2.45) is 0 Å². The number of hydrogen-bond donors (Lipinski definition) is 0. The summed E-state index contributed by atoms with van der Waals surface area (Å²) in [6.07, 6.45) is 1.34. The van der Waals surface area contributed by atoms with E-state index in [1.54, 1.807) is 12.1 Å². The summed E-state index contributed by atoms with van der Waals surface area (Å²) in [6.45, 7) is 1.93. The van der Waals surface area contributed by atoms with Gasteiger partial charge in [0.2, 0.25) is 19.1 Å². The van der Waals surface area contributed by atoms with E-state index in [9.17, 15) is 13.2 Å². The fourth-order valence-corrected chi connectivity index (χ4v) is 4.30. The van der Waals surface area contributed by atoms with Crippen molar-refractivity contribution >= 4 is 26.1 Å². The zero-order valence-electron chi connectivity index (χ0n) is 11.1. The van der Waals surface area contributed by atoms with Gasteiger partial charge >= 0.3 is 0 Å². The summed E-state index contributed by atoms with van der Waals surface area (Å²) >= 11 is 0.894. The van der Waals surface area contributed by atoms with E-state index in [1.165, 1.54) is 12.3 Å². The van der Waals surface area contributed by atoms with Gasteiger partial charge < -0.3 is 0 Å². The first-order chi connectivity index (χ1) is 9.95. The fourth-order valence-electron chi connectivity index (χ4n) is 1.82. The van der Waals surface area contributed by atoms with Gasteiger partial charge in [-0.2, -0.15) is 4.52 Å². The Morgan fingerprint density at radius 2 is 1.90 bits per heavy atom. The first-order valence-corrected chi connectivity index (χ1v) is 8.56. The highest BCUT2D eigenvalue weighted by atomic mass is 32.2. The van der Waals surface area contributed by atoms with Crippen LogP contribution in [0.15, 0.2) is 45.7 Å². The molecule has 3 rings (SSSR count). The molecule has 3 aromatic rings. The van der Waals surface area contributed by atoms with Crippen molar-refractivity contribution in [3.05, 3.63) is 58.0 Å². The van der Waals surface area contributed by atoms with Crippen LogP contribution in [0.2, 0.25) is 0 Å². The van der Waals surface area contributed by atoms with Crippen LogP contribution in [0, 0.1) is 6.92 Å². The normalized spacial score (nSPS) is 11.9. The van der Waals surface area contributed by atoms with Gasteiger partial charge in [-0.3, -0.25) is 4.79 Å². The van der Waals surface area contributed by atoms with Gasteiger partial charge in [0.1, 0.15) is 0 Å². The number of aromatic nitrogens is 3. The molecule has 0 amide bonds. The number of aryl methyl sites for hydroxylation is 1. The van der Waals surface area contributed by atoms with Crippen LogP contribution in [-0.4, -0.2) is 23.0 Å². The van der Waals surface area contributed by atoms with Crippen molar-refractivity contribution < 1.29 is 8.42 Å². The van der Waals surface area contributed by atoms with Gasteiger partial charge in [0, 0.05) is 12.3 Å². The molecule has 0 atom stereocenters. The van der Waals surface area contributed by atoms with Crippen LogP contribution < -0.4 is 5.56 Å². The first kappa shape index (κ1) is 13.9. The predicted octanol–water partition coefficient (Wildman–Crippen LogP) is 1.43. The maximum Gasteiger partial charge on any atom is 0.275 e. The molecular weight excluding hydrogens is 310 g/mol. The van der Waals surface area contributed by atoms with Gasteiger partial charge in [0.05, 0.1) is 5.75 Å². The largest absolute Gasteiger partial charge is 0.275 e. The Morgan fingerprint density at radius 1 is 1.19 bits per heavy atom. The summed E-state index contributed by atoms with van der Waals surface area (Å²) < 4.78 is 25.7. The molecular formula is C13H11N3O3S2. The monoisotopic (exact) mass is 321 g/mol. The number of nitrogens with zero attached hydrogens (tertiary/aromatic N) is 3. The Bertz CT molecular complexity index is 956. The lowest BCUT2D eigenvalue weighted by Crippen LogP contribution is -2.13. The molecule has 1 aromatic carbocycles. The Hall–Kier alpha value is -2.06. The van der Waals surface area contributed by atoms with Crippen molar-refractivity contribution in [1.82, 2.24) is 14.6 Å². The second-order valence-corrected chi connectivity index (χ2v) is 7.71. The summed E-state index contributed by atoms with van der Waals surface area (Å²) in [7, 11) is -3.60. The van der Waals surface area contributed by atoms with E-state index in [1.807, 2.05) is 19.1 Å². The topological polar surface area (TPSA) is 81.4 Å². The second kappa shape index (κ2) is 5.05. The highest BCUT2D eigenvalue weighted by Gasteiger charge is 2.21. The van der Waals surface area contributed by atoms with Crippen molar-refractivity contribution in [3.8, 4) is 0 Å². The third-order valence-corrected chi connectivity index (χ3v) is 5.95. The van der Waals surface area contributed by atoms with Crippen LogP contribution in [0.5, 0.6) is 0 Å². The van der Waals surface area contributed by atoms with Gasteiger partial charge in [-0.25, -0.2) is 13.4 Å². The molecule has 0 aliphatic rings. The minimum Gasteiger partial charge on any atom is -0.267 e. The van der Waals surface area contributed by atoms with E-state index >= 15 is 0 Å². The lowest BCUT2D eigenvalue weighted by molar-refractivity contribution is 0.592. The maximum absolute atomic E-state index is 12.4. The first-order valence-electron chi connectivity index (χ1n) is 6.09. The van der Waals surface area contributed by atoms with Crippen LogP contribution in [-0.2, 0) is 15.6 Å². The molecule has 0 aliphatic carbocycles. The van der Waals surface area contributed by atoms with Gasteiger partial charge in [-0.05, 0) is 12.5 Å². The minimum atomic E-state index is -3.60. The van der Waals surface area contributed by atoms with Gasteiger partial charge in [-0.15, -0.1) is 5.10 Å². The lowest BCUT2D eigenvalue weighted by atomic mass is 10.2. The third kappa shape index (κ3) is 2.72. The standard InChI is InChI=1S/C13H11N3O3S2/c1-9-2-4-10(5-3-9)8-21(18,19)13-15-16-11(17)6-7-14-12(16)20-13/h2-7H,8H2,1H3. The summed E-state index contributed by atoms with van der Waals surface area (Å²) in [6, 6.07) is 8.49. The molecule has 0 unspecified atom stereocenters. The van der Waals surface area contributed by atoms with E-state index in [4.69, 9.17) is 0 Å². The summed E-state index contributed by atoms with van der Waals surface area (Å²) in [4.78, 5) is 15.8. The van der Waals surface area contributed by atoms with Gasteiger partial charge in [0.15, 0.2) is 0 Å². The average Bonchev–Trinajstić information content (AvgIpc) is 2.88. The molecule has 0 radical (unpaired) electrons. The lowest BCUT2D eigenvalue weighted by Gasteiger charge is -2.01. The smallest absolute Gasteiger partial charge is 0.267 e. The second-order valence-electron chi connectivity index (χ2n) is 4.59. The highest BCUT2D eigenvalue weighted by Crippen LogP contribution is 2.21.